The Morgan fingerprint density at radius 2 is 1.81 bits per heavy atom. The van der Waals surface area contributed by atoms with E-state index in [1.165, 1.54) is 0 Å². The van der Waals surface area contributed by atoms with Crippen molar-refractivity contribution in [3.05, 3.63) is 58.7 Å². The van der Waals surface area contributed by atoms with Crippen molar-refractivity contribution >= 4 is 5.78 Å². The van der Waals surface area contributed by atoms with Crippen molar-refractivity contribution in [2.24, 2.45) is 0 Å². The fraction of sp³-hybridized carbons (Fsp3) is 0.278. The summed E-state index contributed by atoms with van der Waals surface area (Å²) in [5.74, 6) is 1.45. The summed E-state index contributed by atoms with van der Waals surface area (Å²) in [6.45, 7) is 3.93. The molecule has 0 aliphatic carbocycles. The van der Waals surface area contributed by atoms with Gasteiger partial charge in [-0.2, -0.15) is 0 Å². The van der Waals surface area contributed by atoms with Gasteiger partial charge >= 0.3 is 0 Å². The van der Waals surface area contributed by atoms with Crippen LogP contribution >= 0.6 is 0 Å². The molecule has 21 heavy (non-hydrogen) atoms. The van der Waals surface area contributed by atoms with E-state index < -0.39 is 0 Å². The summed E-state index contributed by atoms with van der Waals surface area (Å²) in [6.07, 6.45) is 0.331. The number of hydrogen-bond acceptors (Lipinski definition) is 3. The van der Waals surface area contributed by atoms with E-state index in [9.17, 15) is 4.79 Å². The van der Waals surface area contributed by atoms with Crippen molar-refractivity contribution in [3.63, 3.8) is 0 Å². The molecule has 0 bridgehead atoms. The molecule has 110 valence electrons. The van der Waals surface area contributed by atoms with Crippen LogP contribution in [0.1, 0.15) is 27.0 Å². The summed E-state index contributed by atoms with van der Waals surface area (Å²) in [5.41, 5.74) is 3.62. The van der Waals surface area contributed by atoms with E-state index in [2.05, 4.69) is 0 Å². The maximum Gasteiger partial charge on any atom is 0.171 e. The SMILES string of the molecule is COc1cccc(CC(=O)c2c(C)cc(C)cc2OC)c1. The smallest absolute Gasteiger partial charge is 0.171 e. The van der Waals surface area contributed by atoms with Crippen molar-refractivity contribution in [3.8, 4) is 11.5 Å². The minimum Gasteiger partial charge on any atom is -0.497 e. The Morgan fingerprint density at radius 3 is 2.48 bits per heavy atom. The predicted molar refractivity (Wildman–Crippen MR) is 83.5 cm³/mol. The normalized spacial score (nSPS) is 10.3. The first-order chi connectivity index (χ1) is 10.0. The lowest BCUT2D eigenvalue weighted by Crippen LogP contribution is -2.08. The molecule has 2 aromatic rings. The minimum absolute atomic E-state index is 0.0533. The first-order valence-corrected chi connectivity index (χ1v) is 6.86. The molecule has 2 rings (SSSR count). The highest BCUT2D eigenvalue weighted by molar-refractivity contribution is 6.01. The molecule has 2 aromatic carbocycles. The average molecular weight is 284 g/mol. The molecule has 0 heterocycles. The fourth-order valence-corrected chi connectivity index (χ4v) is 2.50. The largest absolute Gasteiger partial charge is 0.497 e. The molecule has 0 aliphatic rings. The maximum absolute atomic E-state index is 12.6. The van der Waals surface area contributed by atoms with Gasteiger partial charge in [0.15, 0.2) is 5.78 Å². The lowest BCUT2D eigenvalue weighted by atomic mass is 9.96. The zero-order valence-electron chi connectivity index (χ0n) is 12.9. The van der Waals surface area contributed by atoms with Gasteiger partial charge in [0.05, 0.1) is 19.8 Å². The van der Waals surface area contributed by atoms with Gasteiger partial charge in [-0.15, -0.1) is 0 Å². The van der Waals surface area contributed by atoms with Gasteiger partial charge in [0, 0.05) is 6.42 Å². The Balaban J connectivity index is 2.32. The summed E-state index contributed by atoms with van der Waals surface area (Å²) in [6, 6.07) is 11.5. The molecule has 0 unspecified atom stereocenters. The van der Waals surface area contributed by atoms with Crippen LogP contribution in [-0.4, -0.2) is 20.0 Å². The van der Waals surface area contributed by atoms with E-state index in [0.29, 0.717) is 17.7 Å². The van der Waals surface area contributed by atoms with Crippen molar-refractivity contribution in [2.45, 2.75) is 20.3 Å². The van der Waals surface area contributed by atoms with Crippen molar-refractivity contribution in [2.75, 3.05) is 14.2 Å². The second kappa shape index (κ2) is 6.44. The Bertz CT molecular complexity index is 660. The molecule has 0 spiro atoms. The van der Waals surface area contributed by atoms with E-state index in [4.69, 9.17) is 9.47 Å². The van der Waals surface area contributed by atoms with E-state index in [1.54, 1.807) is 14.2 Å². The van der Waals surface area contributed by atoms with Gasteiger partial charge in [-0.1, -0.05) is 18.2 Å². The molecule has 0 fully saturated rings. The van der Waals surface area contributed by atoms with Gasteiger partial charge in [-0.05, 0) is 48.7 Å². The van der Waals surface area contributed by atoms with E-state index in [0.717, 1.165) is 22.4 Å². The Labute approximate surface area is 125 Å². The summed E-state index contributed by atoms with van der Waals surface area (Å²) in [5, 5.41) is 0. The van der Waals surface area contributed by atoms with E-state index >= 15 is 0 Å². The molecule has 0 atom stereocenters. The van der Waals surface area contributed by atoms with Gasteiger partial charge < -0.3 is 9.47 Å². The second-order valence-electron chi connectivity index (χ2n) is 5.11. The maximum atomic E-state index is 12.6. The highest BCUT2D eigenvalue weighted by atomic mass is 16.5. The quantitative estimate of drug-likeness (QED) is 0.784. The van der Waals surface area contributed by atoms with E-state index in [1.807, 2.05) is 50.2 Å². The molecule has 0 saturated heterocycles. The van der Waals surface area contributed by atoms with Crippen LogP contribution in [0.25, 0.3) is 0 Å². The number of aryl methyl sites for hydroxylation is 2. The van der Waals surface area contributed by atoms with E-state index in [-0.39, 0.29) is 5.78 Å². The van der Waals surface area contributed by atoms with Gasteiger partial charge in [-0.25, -0.2) is 0 Å². The van der Waals surface area contributed by atoms with Crippen LogP contribution in [0.5, 0.6) is 11.5 Å². The highest BCUT2D eigenvalue weighted by Crippen LogP contribution is 2.26. The number of ketones is 1. The molecule has 0 aromatic heterocycles. The van der Waals surface area contributed by atoms with Crippen LogP contribution in [0.2, 0.25) is 0 Å². The van der Waals surface area contributed by atoms with Crippen LogP contribution < -0.4 is 9.47 Å². The standard InChI is InChI=1S/C18H20O3/c1-12-8-13(2)18(17(9-12)21-4)16(19)11-14-6-5-7-15(10-14)20-3/h5-10H,11H2,1-4H3. The third kappa shape index (κ3) is 3.43. The fourth-order valence-electron chi connectivity index (χ4n) is 2.50. The molecular formula is C18H20O3. The highest BCUT2D eigenvalue weighted by Gasteiger charge is 2.16. The van der Waals surface area contributed by atoms with Crippen molar-refractivity contribution in [1.82, 2.24) is 0 Å². The van der Waals surface area contributed by atoms with Gasteiger partial charge in [0.2, 0.25) is 0 Å². The molecule has 3 heteroatoms. The topological polar surface area (TPSA) is 35.5 Å². The summed E-state index contributed by atoms with van der Waals surface area (Å²) in [7, 11) is 3.21. The Hall–Kier alpha value is -2.29. The predicted octanol–water partition coefficient (Wildman–Crippen LogP) is 3.75. The van der Waals surface area contributed by atoms with Crippen molar-refractivity contribution in [1.29, 1.82) is 0 Å². The third-order valence-electron chi connectivity index (χ3n) is 3.44. The second-order valence-corrected chi connectivity index (χ2v) is 5.11. The number of benzene rings is 2. The van der Waals surface area contributed by atoms with Crippen LogP contribution in [-0.2, 0) is 6.42 Å². The number of rotatable bonds is 5. The van der Waals surface area contributed by atoms with Gasteiger partial charge in [-0.3, -0.25) is 4.79 Å². The first kappa shape index (κ1) is 15.1. The summed E-state index contributed by atoms with van der Waals surface area (Å²) >= 11 is 0. The Kier molecular flexibility index (Phi) is 4.63. The van der Waals surface area contributed by atoms with Crippen LogP contribution in [0, 0.1) is 13.8 Å². The number of hydrogen-bond donors (Lipinski definition) is 0. The lowest BCUT2D eigenvalue weighted by Gasteiger charge is -2.12. The average Bonchev–Trinajstić information content (AvgIpc) is 2.46. The monoisotopic (exact) mass is 284 g/mol. The van der Waals surface area contributed by atoms with Crippen molar-refractivity contribution < 1.29 is 14.3 Å². The zero-order valence-corrected chi connectivity index (χ0v) is 12.9. The number of carbonyl (C=O) groups is 1. The van der Waals surface area contributed by atoms with Gasteiger partial charge in [0.1, 0.15) is 11.5 Å². The number of Topliss-reactive ketones (excluding diaryl/α,β-unsaturated/α-hetero) is 1. The summed E-state index contributed by atoms with van der Waals surface area (Å²) < 4.78 is 10.6. The molecule has 0 N–H and O–H groups in total. The van der Waals surface area contributed by atoms with Crippen LogP contribution in [0.4, 0.5) is 0 Å². The number of carbonyl (C=O) groups excluding carboxylic acids is 1. The van der Waals surface area contributed by atoms with Crippen LogP contribution in [0.3, 0.4) is 0 Å². The zero-order chi connectivity index (χ0) is 15.4. The molecule has 0 aliphatic heterocycles. The Morgan fingerprint density at radius 1 is 1.05 bits per heavy atom. The van der Waals surface area contributed by atoms with Gasteiger partial charge in [0.25, 0.3) is 0 Å². The van der Waals surface area contributed by atoms with Crippen LogP contribution in [0.15, 0.2) is 36.4 Å². The summed E-state index contributed by atoms with van der Waals surface area (Å²) in [4.78, 5) is 12.6. The number of ether oxygens (including phenoxy) is 2. The number of methoxy groups -OCH3 is 2. The molecule has 0 amide bonds. The molecular weight excluding hydrogens is 264 g/mol. The molecule has 3 nitrogen and oxygen atoms in total. The minimum atomic E-state index is 0.0533. The molecule has 0 saturated carbocycles. The molecule has 0 radical (unpaired) electrons. The first-order valence-electron chi connectivity index (χ1n) is 6.86. The third-order valence-corrected chi connectivity index (χ3v) is 3.44. The lowest BCUT2D eigenvalue weighted by molar-refractivity contribution is 0.0989.